The van der Waals surface area contributed by atoms with Gasteiger partial charge >= 0.3 is 0 Å². The first-order chi connectivity index (χ1) is 9.65. The Bertz CT molecular complexity index is 610. The molecule has 0 fully saturated rings. The highest BCUT2D eigenvalue weighted by molar-refractivity contribution is 5.97. The van der Waals surface area contributed by atoms with Gasteiger partial charge in [0.05, 0.1) is 18.2 Å². The predicted molar refractivity (Wildman–Crippen MR) is 80.2 cm³/mol. The fourth-order valence-electron chi connectivity index (χ4n) is 2.06. The Kier molecular flexibility index (Phi) is 4.56. The number of methoxy groups -OCH3 is 1. The molecule has 2 rings (SSSR count). The Morgan fingerprint density at radius 2 is 2.15 bits per heavy atom. The quantitative estimate of drug-likeness (QED) is 0.840. The number of carbonyl (C=O) groups is 1. The topological polar surface area (TPSA) is 42.4 Å². The lowest BCUT2D eigenvalue weighted by molar-refractivity contribution is 0.0793. The zero-order valence-electron chi connectivity index (χ0n) is 12.2. The van der Waals surface area contributed by atoms with Crippen LogP contribution in [0.3, 0.4) is 0 Å². The molecule has 4 heteroatoms. The second-order valence-corrected chi connectivity index (χ2v) is 4.86. The number of amides is 1. The monoisotopic (exact) mass is 272 g/mol. The number of fused-ring (bicyclic) bond motifs is 1. The van der Waals surface area contributed by atoms with Crippen molar-refractivity contribution in [2.45, 2.75) is 19.8 Å². The molecule has 0 atom stereocenters. The van der Waals surface area contributed by atoms with Crippen LogP contribution in [0.1, 0.15) is 30.1 Å². The second kappa shape index (κ2) is 6.37. The third-order valence-corrected chi connectivity index (χ3v) is 3.33. The molecule has 2 aromatic rings. The van der Waals surface area contributed by atoms with Crippen molar-refractivity contribution >= 4 is 16.8 Å². The molecule has 0 saturated carbocycles. The van der Waals surface area contributed by atoms with Crippen LogP contribution in [0.25, 0.3) is 10.9 Å². The summed E-state index contributed by atoms with van der Waals surface area (Å²) in [6.45, 7) is 2.89. The summed E-state index contributed by atoms with van der Waals surface area (Å²) in [6, 6.07) is 7.54. The van der Waals surface area contributed by atoms with Gasteiger partial charge in [0.25, 0.3) is 5.91 Å². The molecular formula is C16H20N2O2. The van der Waals surface area contributed by atoms with Crippen LogP contribution in [0, 0.1) is 0 Å². The smallest absolute Gasteiger partial charge is 0.255 e. The van der Waals surface area contributed by atoms with Gasteiger partial charge in [-0.15, -0.1) is 0 Å². The van der Waals surface area contributed by atoms with Crippen molar-refractivity contribution < 1.29 is 9.53 Å². The molecule has 106 valence electrons. The number of unbranched alkanes of at least 4 members (excludes halogenated alkanes) is 1. The standard InChI is InChI=1S/C16H20N2O2/c1-4-5-8-18(2)16(19)13-9-12-6-7-14(20-3)10-15(12)17-11-13/h6-7,9-11H,4-5,8H2,1-3H3. The molecule has 1 aromatic carbocycles. The number of carbonyl (C=O) groups excluding carboxylic acids is 1. The van der Waals surface area contributed by atoms with Crippen LogP contribution in [-0.2, 0) is 0 Å². The Morgan fingerprint density at radius 3 is 2.85 bits per heavy atom. The van der Waals surface area contributed by atoms with Gasteiger partial charge in [0, 0.05) is 31.2 Å². The maximum Gasteiger partial charge on any atom is 0.255 e. The van der Waals surface area contributed by atoms with E-state index in [1.165, 1.54) is 0 Å². The molecule has 1 aromatic heterocycles. The number of nitrogens with zero attached hydrogens (tertiary/aromatic N) is 2. The van der Waals surface area contributed by atoms with Crippen LogP contribution >= 0.6 is 0 Å². The number of pyridine rings is 1. The van der Waals surface area contributed by atoms with Crippen LogP contribution in [-0.4, -0.2) is 36.5 Å². The molecular weight excluding hydrogens is 252 g/mol. The van der Waals surface area contributed by atoms with Crippen molar-refractivity contribution in [3.05, 3.63) is 36.0 Å². The number of hydrogen-bond donors (Lipinski definition) is 0. The first-order valence-electron chi connectivity index (χ1n) is 6.85. The van der Waals surface area contributed by atoms with Gasteiger partial charge in [0.15, 0.2) is 0 Å². The minimum Gasteiger partial charge on any atom is -0.497 e. The van der Waals surface area contributed by atoms with E-state index in [-0.39, 0.29) is 5.91 Å². The lowest BCUT2D eigenvalue weighted by Crippen LogP contribution is -2.27. The molecule has 1 amide bonds. The molecule has 0 N–H and O–H groups in total. The summed E-state index contributed by atoms with van der Waals surface area (Å²) in [5.41, 5.74) is 1.46. The summed E-state index contributed by atoms with van der Waals surface area (Å²) < 4.78 is 5.17. The van der Waals surface area contributed by atoms with E-state index in [0.717, 1.165) is 36.0 Å². The van der Waals surface area contributed by atoms with E-state index in [1.807, 2.05) is 31.3 Å². The van der Waals surface area contributed by atoms with Crippen molar-refractivity contribution in [1.29, 1.82) is 0 Å². The Hall–Kier alpha value is -2.10. The fraction of sp³-hybridized carbons (Fsp3) is 0.375. The second-order valence-electron chi connectivity index (χ2n) is 4.86. The zero-order valence-corrected chi connectivity index (χ0v) is 12.2. The van der Waals surface area contributed by atoms with Gasteiger partial charge in [-0.1, -0.05) is 13.3 Å². The predicted octanol–water partition coefficient (Wildman–Crippen LogP) is 3.12. The zero-order chi connectivity index (χ0) is 14.5. The largest absolute Gasteiger partial charge is 0.497 e. The Morgan fingerprint density at radius 1 is 1.35 bits per heavy atom. The average Bonchev–Trinajstić information content (AvgIpc) is 2.50. The maximum atomic E-state index is 12.3. The molecule has 0 aliphatic carbocycles. The molecule has 0 aliphatic rings. The van der Waals surface area contributed by atoms with E-state index in [4.69, 9.17) is 4.74 Å². The molecule has 0 aliphatic heterocycles. The SMILES string of the molecule is CCCCN(C)C(=O)c1cnc2cc(OC)ccc2c1. The highest BCUT2D eigenvalue weighted by Gasteiger charge is 2.12. The number of benzene rings is 1. The lowest BCUT2D eigenvalue weighted by atomic mass is 10.1. The van der Waals surface area contributed by atoms with Crippen molar-refractivity contribution in [3.63, 3.8) is 0 Å². The van der Waals surface area contributed by atoms with Crippen LogP contribution in [0.4, 0.5) is 0 Å². The number of aromatic nitrogens is 1. The highest BCUT2D eigenvalue weighted by Crippen LogP contribution is 2.20. The minimum atomic E-state index is 0.0173. The van der Waals surface area contributed by atoms with Gasteiger partial charge in [0.2, 0.25) is 0 Å². The van der Waals surface area contributed by atoms with E-state index >= 15 is 0 Å². The maximum absolute atomic E-state index is 12.3. The Labute approximate surface area is 119 Å². The number of rotatable bonds is 5. The van der Waals surface area contributed by atoms with Gasteiger partial charge in [-0.05, 0) is 24.6 Å². The molecule has 0 radical (unpaired) electrons. The van der Waals surface area contributed by atoms with Crippen molar-refractivity contribution in [2.75, 3.05) is 20.7 Å². The highest BCUT2D eigenvalue weighted by atomic mass is 16.5. The van der Waals surface area contributed by atoms with Gasteiger partial charge in [0.1, 0.15) is 5.75 Å². The molecule has 20 heavy (non-hydrogen) atoms. The van der Waals surface area contributed by atoms with E-state index < -0.39 is 0 Å². The summed E-state index contributed by atoms with van der Waals surface area (Å²) in [5, 5.41) is 0.945. The van der Waals surface area contributed by atoms with E-state index in [1.54, 1.807) is 18.2 Å². The van der Waals surface area contributed by atoms with Crippen molar-refractivity contribution in [1.82, 2.24) is 9.88 Å². The summed E-state index contributed by atoms with van der Waals surface area (Å²) in [6.07, 6.45) is 3.72. The molecule has 0 saturated heterocycles. The van der Waals surface area contributed by atoms with Crippen LogP contribution in [0.15, 0.2) is 30.5 Å². The lowest BCUT2D eigenvalue weighted by Gasteiger charge is -2.16. The van der Waals surface area contributed by atoms with Crippen LogP contribution in [0.5, 0.6) is 5.75 Å². The summed E-state index contributed by atoms with van der Waals surface area (Å²) in [5.74, 6) is 0.785. The van der Waals surface area contributed by atoms with Gasteiger partial charge in [-0.2, -0.15) is 0 Å². The molecule has 0 bridgehead atoms. The number of hydrogen-bond acceptors (Lipinski definition) is 3. The summed E-state index contributed by atoms with van der Waals surface area (Å²) >= 11 is 0. The summed E-state index contributed by atoms with van der Waals surface area (Å²) in [7, 11) is 3.46. The molecule has 0 spiro atoms. The molecule has 0 unspecified atom stereocenters. The minimum absolute atomic E-state index is 0.0173. The third kappa shape index (κ3) is 3.07. The van der Waals surface area contributed by atoms with E-state index in [2.05, 4.69) is 11.9 Å². The average molecular weight is 272 g/mol. The normalized spacial score (nSPS) is 10.6. The first kappa shape index (κ1) is 14.3. The van der Waals surface area contributed by atoms with Gasteiger partial charge in [-0.3, -0.25) is 9.78 Å². The molecule has 1 heterocycles. The molecule has 4 nitrogen and oxygen atoms in total. The summed E-state index contributed by atoms with van der Waals surface area (Å²) in [4.78, 5) is 18.4. The van der Waals surface area contributed by atoms with Gasteiger partial charge < -0.3 is 9.64 Å². The van der Waals surface area contributed by atoms with E-state index in [9.17, 15) is 4.79 Å². The third-order valence-electron chi connectivity index (χ3n) is 3.33. The van der Waals surface area contributed by atoms with Gasteiger partial charge in [-0.25, -0.2) is 0 Å². The number of ether oxygens (including phenoxy) is 1. The first-order valence-corrected chi connectivity index (χ1v) is 6.85. The van der Waals surface area contributed by atoms with Crippen molar-refractivity contribution in [2.24, 2.45) is 0 Å². The van der Waals surface area contributed by atoms with E-state index in [0.29, 0.717) is 5.56 Å². The Balaban J connectivity index is 2.25. The van der Waals surface area contributed by atoms with Crippen LogP contribution in [0.2, 0.25) is 0 Å². The van der Waals surface area contributed by atoms with Crippen LogP contribution < -0.4 is 4.74 Å². The fourth-order valence-corrected chi connectivity index (χ4v) is 2.06. The van der Waals surface area contributed by atoms with Crippen molar-refractivity contribution in [3.8, 4) is 5.75 Å².